The number of carbonyl (C=O) groups is 1. The highest BCUT2D eigenvalue weighted by molar-refractivity contribution is 5.89. The third-order valence-corrected chi connectivity index (χ3v) is 3.82. The Hall–Kier alpha value is -3.23. The first-order valence-corrected chi connectivity index (χ1v) is 7.67. The van der Waals surface area contributed by atoms with Gasteiger partial charge in [0.05, 0.1) is 11.4 Å². The van der Waals surface area contributed by atoms with Gasteiger partial charge < -0.3 is 9.84 Å². The van der Waals surface area contributed by atoms with Gasteiger partial charge in [-0.2, -0.15) is 10.2 Å². The zero-order valence-electron chi connectivity index (χ0n) is 14.4. The second-order valence-electron chi connectivity index (χ2n) is 5.75. The molecule has 0 bridgehead atoms. The van der Waals surface area contributed by atoms with E-state index in [0.717, 1.165) is 21.6 Å². The van der Waals surface area contributed by atoms with Crippen LogP contribution in [0, 0.1) is 20.8 Å². The van der Waals surface area contributed by atoms with Crippen LogP contribution in [-0.2, 0) is 18.4 Å². The zero-order chi connectivity index (χ0) is 18.1. The van der Waals surface area contributed by atoms with E-state index in [0.29, 0.717) is 17.3 Å². The molecule has 0 saturated heterocycles. The van der Waals surface area contributed by atoms with Crippen molar-refractivity contribution in [1.29, 1.82) is 0 Å². The molecule has 0 aliphatic carbocycles. The van der Waals surface area contributed by atoms with Gasteiger partial charge in [-0.25, -0.2) is 4.68 Å². The monoisotopic (exact) mass is 342 g/mol. The number of hydrogen-bond acceptors (Lipinski definition) is 6. The van der Waals surface area contributed by atoms with Crippen LogP contribution in [0.15, 0.2) is 27.5 Å². The molecule has 1 N–H and O–H groups in total. The number of anilines is 1. The predicted octanol–water partition coefficient (Wildman–Crippen LogP) is 1.20. The topological polar surface area (TPSA) is 108 Å². The van der Waals surface area contributed by atoms with Crippen molar-refractivity contribution in [3.8, 4) is 11.3 Å². The smallest absolute Gasteiger partial charge is 0.267 e. The summed E-state index contributed by atoms with van der Waals surface area (Å²) in [5.74, 6) is 0.459. The molecule has 0 atom stereocenters. The molecule has 3 aromatic rings. The van der Waals surface area contributed by atoms with Gasteiger partial charge in [-0.05, 0) is 26.8 Å². The molecule has 9 heteroatoms. The SMILES string of the molecule is Cc1cc(NC(=O)Cn2nc(-c3c(C)nn(C)c3C)ccc2=O)no1. The molecule has 0 aromatic carbocycles. The van der Waals surface area contributed by atoms with Crippen LogP contribution in [-0.4, -0.2) is 30.6 Å². The lowest BCUT2D eigenvalue weighted by atomic mass is 10.1. The summed E-state index contributed by atoms with van der Waals surface area (Å²) in [6.07, 6.45) is 0. The highest BCUT2D eigenvalue weighted by Crippen LogP contribution is 2.23. The van der Waals surface area contributed by atoms with Crippen molar-refractivity contribution >= 4 is 11.7 Å². The molecule has 0 spiro atoms. The van der Waals surface area contributed by atoms with E-state index in [1.165, 1.54) is 6.07 Å². The molecule has 0 aliphatic rings. The predicted molar refractivity (Wildman–Crippen MR) is 90.0 cm³/mol. The van der Waals surface area contributed by atoms with Crippen molar-refractivity contribution in [3.05, 3.63) is 45.7 Å². The Morgan fingerprint density at radius 3 is 2.60 bits per heavy atom. The van der Waals surface area contributed by atoms with Gasteiger partial charge in [0.2, 0.25) is 5.91 Å². The molecular formula is C16H18N6O3. The molecular weight excluding hydrogens is 324 g/mol. The van der Waals surface area contributed by atoms with Gasteiger partial charge >= 0.3 is 0 Å². The van der Waals surface area contributed by atoms with E-state index >= 15 is 0 Å². The average molecular weight is 342 g/mol. The number of aryl methyl sites for hydroxylation is 3. The summed E-state index contributed by atoms with van der Waals surface area (Å²) >= 11 is 0. The first kappa shape index (κ1) is 16.6. The van der Waals surface area contributed by atoms with Gasteiger partial charge in [-0.1, -0.05) is 5.16 Å². The molecule has 0 radical (unpaired) electrons. The molecule has 1 amide bonds. The van der Waals surface area contributed by atoms with Crippen molar-refractivity contribution < 1.29 is 9.32 Å². The molecule has 0 aliphatic heterocycles. The number of amides is 1. The third kappa shape index (κ3) is 3.35. The Balaban J connectivity index is 1.87. The summed E-state index contributed by atoms with van der Waals surface area (Å²) < 4.78 is 7.75. The highest BCUT2D eigenvalue weighted by Gasteiger charge is 2.15. The van der Waals surface area contributed by atoms with Crippen molar-refractivity contribution in [2.75, 3.05) is 5.32 Å². The fourth-order valence-electron chi connectivity index (χ4n) is 2.58. The lowest BCUT2D eigenvalue weighted by Crippen LogP contribution is -2.29. The summed E-state index contributed by atoms with van der Waals surface area (Å²) in [6, 6.07) is 4.61. The summed E-state index contributed by atoms with van der Waals surface area (Å²) in [4.78, 5) is 24.2. The van der Waals surface area contributed by atoms with Gasteiger partial charge in [0.1, 0.15) is 12.3 Å². The minimum atomic E-state index is -0.417. The summed E-state index contributed by atoms with van der Waals surface area (Å²) in [5.41, 5.74) is 2.81. The minimum Gasteiger partial charge on any atom is -0.360 e. The van der Waals surface area contributed by atoms with Crippen LogP contribution in [0.4, 0.5) is 5.82 Å². The zero-order valence-corrected chi connectivity index (χ0v) is 14.4. The van der Waals surface area contributed by atoms with Gasteiger partial charge in [0, 0.05) is 30.4 Å². The Morgan fingerprint density at radius 1 is 1.24 bits per heavy atom. The standard InChI is InChI=1S/C16H18N6O3/c1-9-7-13(20-25-9)17-14(23)8-22-15(24)6-5-12(19-22)16-10(2)18-21(4)11(16)3/h5-7H,8H2,1-4H3,(H,17,20,23). The Labute approximate surface area is 143 Å². The third-order valence-electron chi connectivity index (χ3n) is 3.82. The lowest BCUT2D eigenvalue weighted by molar-refractivity contribution is -0.117. The first-order chi connectivity index (χ1) is 11.8. The number of nitrogens with zero attached hydrogens (tertiary/aromatic N) is 5. The van der Waals surface area contributed by atoms with Crippen LogP contribution in [0.2, 0.25) is 0 Å². The van der Waals surface area contributed by atoms with E-state index in [1.54, 1.807) is 23.7 Å². The minimum absolute atomic E-state index is 0.225. The quantitative estimate of drug-likeness (QED) is 0.763. The molecule has 3 heterocycles. The summed E-state index contributed by atoms with van der Waals surface area (Å²) in [7, 11) is 1.84. The van der Waals surface area contributed by atoms with Crippen molar-refractivity contribution in [2.24, 2.45) is 7.05 Å². The van der Waals surface area contributed by atoms with E-state index in [4.69, 9.17) is 4.52 Å². The first-order valence-electron chi connectivity index (χ1n) is 7.67. The Morgan fingerprint density at radius 2 is 2.00 bits per heavy atom. The number of hydrogen-bond donors (Lipinski definition) is 1. The van der Waals surface area contributed by atoms with E-state index in [-0.39, 0.29) is 12.1 Å². The Bertz CT molecular complexity index is 998. The van der Waals surface area contributed by atoms with Gasteiger partial charge in [0.15, 0.2) is 5.82 Å². The largest absolute Gasteiger partial charge is 0.360 e. The fourth-order valence-corrected chi connectivity index (χ4v) is 2.58. The second kappa shape index (κ2) is 6.34. The molecule has 0 fully saturated rings. The molecule has 3 rings (SSSR count). The number of aromatic nitrogens is 5. The maximum absolute atomic E-state index is 12.1. The lowest BCUT2D eigenvalue weighted by Gasteiger charge is -2.07. The normalized spacial score (nSPS) is 10.9. The molecule has 0 unspecified atom stereocenters. The van der Waals surface area contributed by atoms with E-state index in [1.807, 2.05) is 20.9 Å². The molecule has 9 nitrogen and oxygen atoms in total. The molecule has 0 saturated carbocycles. The molecule has 3 aromatic heterocycles. The Kier molecular flexibility index (Phi) is 4.22. The van der Waals surface area contributed by atoms with E-state index in [9.17, 15) is 9.59 Å². The number of rotatable bonds is 4. The van der Waals surface area contributed by atoms with Crippen LogP contribution < -0.4 is 10.9 Å². The molecule has 25 heavy (non-hydrogen) atoms. The summed E-state index contributed by atoms with van der Waals surface area (Å²) in [5, 5.41) is 14.9. The maximum Gasteiger partial charge on any atom is 0.267 e. The average Bonchev–Trinajstić information content (AvgIpc) is 3.05. The van der Waals surface area contributed by atoms with Crippen molar-refractivity contribution in [1.82, 2.24) is 24.7 Å². The molecule has 130 valence electrons. The van der Waals surface area contributed by atoms with E-state index in [2.05, 4.69) is 20.7 Å². The maximum atomic E-state index is 12.1. The number of nitrogens with one attached hydrogen (secondary N) is 1. The van der Waals surface area contributed by atoms with Gasteiger partial charge in [-0.3, -0.25) is 14.3 Å². The number of carbonyl (C=O) groups excluding carboxylic acids is 1. The van der Waals surface area contributed by atoms with Crippen LogP contribution in [0.5, 0.6) is 0 Å². The van der Waals surface area contributed by atoms with Crippen LogP contribution in [0.25, 0.3) is 11.3 Å². The van der Waals surface area contributed by atoms with Gasteiger partial charge in [0.25, 0.3) is 5.56 Å². The highest BCUT2D eigenvalue weighted by atomic mass is 16.5. The second-order valence-corrected chi connectivity index (χ2v) is 5.75. The van der Waals surface area contributed by atoms with Crippen LogP contribution in [0.3, 0.4) is 0 Å². The summed E-state index contributed by atoms with van der Waals surface area (Å²) in [6.45, 7) is 5.29. The van der Waals surface area contributed by atoms with Crippen LogP contribution >= 0.6 is 0 Å². The fraction of sp³-hybridized carbons (Fsp3) is 0.312. The van der Waals surface area contributed by atoms with Gasteiger partial charge in [-0.15, -0.1) is 0 Å². The van der Waals surface area contributed by atoms with Crippen molar-refractivity contribution in [3.63, 3.8) is 0 Å². The van der Waals surface area contributed by atoms with Crippen molar-refractivity contribution in [2.45, 2.75) is 27.3 Å². The van der Waals surface area contributed by atoms with Crippen LogP contribution in [0.1, 0.15) is 17.1 Å². The van der Waals surface area contributed by atoms with E-state index < -0.39 is 5.91 Å².